The van der Waals surface area contributed by atoms with Gasteiger partial charge in [0.05, 0.1) is 17.2 Å². The van der Waals surface area contributed by atoms with E-state index in [1.54, 1.807) is 6.07 Å². The predicted octanol–water partition coefficient (Wildman–Crippen LogP) is 1.66. The van der Waals surface area contributed by atoms with Crippen LogP contribution < -0.4 is 11.0 Å². The number of thiophene rings is 1. The van der Waals surface area contributed by atoms with Gasteiger partial charge in [0.15, 0.2) is 0 Å². The van der Waals surface area contributed by atoms with E-state index in [-0.39, 0.29) is 42.2 Å². The summed E-state index contributed by atoms with van der Waals surface area (Å²) in [6, 6.07) is 1.79. The molecule has 1 N–H and O–H groups in total. The van der Waals surface area contributed by atoms with Crippen LogP contribution in [0, 0.1) is 11.8 Å². The Bertz CT molecular complexity index is 987. The molecule has 1 aliphatic heterocycles. The standard InChI is InChI=1S/C19H22N4O4S/c1-2-11-9-14-16(28-11)20-10-23(19(14)27)21-15(24)7-8-22-17(25)12-5-3-4-6-13(12)18(22)26/h9-10,12-13H,2-8H2,1H3,(H,21,24)/t12-,13-/m1/s1. The van der Waals surface area contributed by atoms with E-state index >= 15 is 0 Å². The van der Waals surface area contributed by atoms with E-state index in [1.165, 1.54) is 22.6 Å². The van der Waals surface area contributed by atoms with Crippen LogP contribution in [0.25, 0.3) is 10.2 Å². The molecule has 0 bridgehead atoms. The van der Waals surface area contributed by atoms with E-state index in [2.05, 4.69) is 10.4 Å². The van der Waals surface area contributed by atoms with E-state index in [0.29, 0.717) is 10.2 Å². The number of hydrogen-bond acceptors (Lipinski definition) is 6. The van der Waals surface area contributed by atoms with Crippen LogP contribution in [0.2, 0.25) is 0 Å². The van der Waals surface area contributed by atoms with Crippen molar-refractivity contribution in [2.24, 2.45) is 11.8 Å². The molecular formula is C19H22N4O4S. The molecule has 0 unspecified atom stereocenters. The Labute approximate surface area is 165 Å². The van der Waals surface area contributed by atoms with Crippen molar-refractivity contribution in [2.75, 3.05) is 12.0 Å². The van der Waals surface area contributed by atoms with Crippen LogP contribution in [0.3, 0.4) is 0 Å². The molecule has 1 saturated carbocycles. The van der Waals surface area contributed by atoms with Crippen LogP contribution in [-0.2, 0) is 20.8 Å². The first-order valence-corrected chi connectivity index (χ1v) is 10.5. The average Bonchev–Trinajstić information content (AvgIpc) is 3.23. The molecule has 3 amide bonds. The van der Waals surface area contributed by atoms with Crippen molar-refractivity contribution in [3.8, 4) is 0 Å². The lowest BCUT2D eigenvalue weighted by atomic mass is 9.81. The highest BCUT2D eigenvalue weighted by atomic mass is 32.1. The number of hydrogen-bond donors (Lipinski definition) is 1. The van der Waals surface area contributed by atoms with Gasteiger partial charge in [-0.1, -0.05) is 19.8 Å². The summed E-state index contributed by atoms with van der Waals surface area (Å²) in [5, 5.41) is 0.471. The molecule has 9 heteroatoms. The van der Waals surface area contributed by atoms with Gasteiger partial charge in [0, 0.05) is 17.8 Å². The highest BCUT2D eigenvalue weighted by molar-refractivity contribution is 7.18. The zero-order valence-electron chi connectivity index (χ0n) is 15.6. The van der Waals surface area contributed by atoms with E-state index in [1.807, 2.05) is 6.92 Å². The summed E-state index contributed by atoms with van der Waals surface area (Å²) < 4.78 is 1.06. The number of carbonyl (C=O) groups is 3. The Hall–Kier alpha value is -2.55. The maximum atomic E-state index is 12.5. The quantitative estimate of drug-likeness (QED) is 0.767. The van der Waals surface area contributed by atoms with E-state index in [4.69, 9.17) is 0 Å². The SMILES string of the molecule is CCc1cc2c(=O)n(NC(=O)CCN3C(=O)[C@@H]4CCCC[C@H]4C3=O)cnc2s1. The Morgan fingerprint density at radius 2 is 1.89 bits per heavy atom. The van der Waals surface area contributed by atoms with Gasteiger partial charge in [-0.25, -0.2) is 9.66 Å². The van der Waals surface area contributed by atoms with Crippen molar-refractivity contribution in [3.05, 3.63) is 27.6 Å². The fraction of sp³-hybridized carbons (Fsp3) is 0.526. The molecule has 2 aliphatic rings. The predicted molar refractivity (Wildman–Crippen MR) is 104 cm³/mol. The molecule has 0 aromatic carbocycles. The normalized spacial score (nSPS) is 22.0. The molecule has 0 radical (unpaired) electrons. The number of amides is 3. The lowest BCUT2D eigenvalue weighted by molar-refractivity contribution is -0.140. The van der Waals surface area contributed by atoms with Crippen molar-refractivity contribution >= 4 is 39.3 Å². The maximum absolute atomic E-state index is 12.5. The van der Waals surface area contributed by atoms with Gasteiger partial charge in [-0.3, -0.25) is 29.5 Å². The lowest BCUT2D eigenvalue weighted by Crippen LogP contribution is -2.37. The van der Waals surface area contributed by atoms with Crippen molar-refractivity contribution in [1.29, 1.82) is 0 Å². The summed E-state index contributed by atoms with van der Waals surface area (Å²) in [5.41, 5.74) is 2.16. The van der Waals surface area contributed by atoms with Crippen LogP contribution in [0.4, 0.5) is 0 Å². The highest BCUT2D eigenvalue weighted by Crippen LogP contribution is 2.37. The van der Waals surface area contributed by atoms with Gasteiger partial charge >= 0.3 is 0 Å². The van der Waals surface area contributed by atoms with Crippen molar-refractivity contribution < 1.29 is 14.4 Å². The van der Waals surface area contributed by atoms with Gasteiger partial charge in [-0.05, 0) is 25.3 Å². The van der Waals surface area contributed by atoms with Crippen molar-refractivity contribution in [2.45, 2.75) is 45.4 Å². The number of nitrogens with one attached hydrogen (secondary N) is 1. The van der Waals surface area contributed by atoms with Crippen LogP contribution in [0.5, 0.6) is 0 Å². The molecule has 4 rings (SSSR count). The second-order valence-electron chi connectivity index (χ2n) is 7.32. The molecule has 148 valence electrons. The lowest BCUT2D eigenvalue weighted by Gasteiger charge is -2.19. The fourth-order valence-electron chi connectivity index (χ4n) is 4.08. The molecule has 1 saturated heterocycles. The second-order valence-corrected chi connectivity index (χ2v) is 8.43. The number of nitrogens with zero attached hydrogens (tertiary/aromatic N) is 3. The second kappa shape index (κ2) is 7.46. The zero-order valence-corrected chi connectivity index (χ0v) is 16.5. The summed E-state index contributed by atoms with van der Waals surface area (Å²) in [5.74, 6) is -1.19. The largest absolute Gasteiger partial charge is 0.282 e. The number of aromatic nitrogens is 2. The van der Waals surface area contributed by atoms with E-state index in [9.17, 15) is 19.2 Å². The molecule has 3 heterocycles. The maximum Gasteiger partial charge on any atom is 0.280 e. The number of rotatable bonds is 5. The van der Waals surface area contributed by atoms with Crippen LogP contribution in [0.15, 0.2) is 17.2 Å². The first kappa shape index (κ1) is 18.8. The number of carbonyl (C=O) groups excluding carboxylic acids is 3. The average molecular weight is 402 g/mol. The van der Waals surface area contributed by atoms with Crippen LogP contribution in [0.1, 0.15) is 43.9 Å². The van der Waals surface area contributed by atoms with Gasteiger partial charge in [-0.2, -0.15) is 0 Å². The Balaban J connectivity index is 1.42. The first-order valence-electron chi connectivity index (χ1n) is 9.64. The molecule has 2 aromatic heterocycles. The van der Waals surface area contributed by atoms with Gasteiger partial charge in [0.25, 0.3) is 5.56 Å². The minimum Gasteiger partial charge on any atom is -0.282 e. The Morgan fingerprint density at radius 1 is 1.21 bits per heavy atom. The van der Waals surface area contributed by atoms with Gasteiger partial charge in [-0.15, -0.1) is 11.3 Å². The van der Waals surface area contributed by atoms with E-state index < -0.39 is 5.91 Å². The third-order valence-electron chi connectivity index (χ3n) is 5.59. The molecule has 2 fully saturated rings. The van der Waals surface area contributed by atoms with Crippen LogP contribution >= 0.6 is 11.3 Å². The number of aryl methyl sites for hydroxylation is 1. The smallest absolute Gasteiger partial charge is 0.280 e. The number of likely N-dealkylation sites (tertiary alicyclic amines) is 1. The monoisotopic (exact) mass is 402 g/mol. The molecule has 2 atom stereocenters. The molecule has 2 aromatic rings. The Kier molecular flexibility index (Phi) is 5.01. The Morgan fingerprint density at radius 3 is 2.54 bits per heavy atom. The molecule has 28 heavy (non-hydrogen) atoms. The third-order valence-corrected chi connectivity index (χ3v) is 6.78. The van der Waals surface area contributed by atoms with Crippen molar-refractivity contribution in [1.82, 2.24) is 14.6 Å². The van der Waals surface area contributed by atoms with Crippen molar-refractivity contribution in [3.63, 3.8) is 0 Å². The first-order chi connectivity index (χ1) is 13.5. The minimum absolute atomic E-state index is 0.0410. The molecule has 1 aliphatic carbocycles. The zero-order chi connectivity index (χ0) is 19.8. The minimum atomic E-state index is -0.440. The summed E-state index contributed by atoms with van der Waals surface area (Å²) >= 11 is 1.46. The van der Waals surface area contributed by atoms with Gasteiger partial charge in [0.1, 0.15) is 11.2 Å². The third kappa shape index (κ3) is 3.23. The number of imide groups is 1. The van der Waals surface area contributed by atoms with Crippen LogP contribution in [-0.4, -0.2) is 38.8 Å². The molecular weight excluding hydrogens is 380 g/mol. The van der Waals surface area contributed by atoms with Gasteiger partial charge in [0.2, 0.25) is 17.7 Å². The highest BCUT2D eigenvalue weighted by Gasteiger charge is 2.47. The molecule has 0 spiro atoms. The summed E-state index contributed by atoms with van der Waals surface area (Å²) in [6.07, 6.45) is 5.49. The summed E-state index contributed by atoms with van der Waals surface area (Å²) in [6.45, 7) is 2.04. The van der Waals surface area contributed by atoms with Gasteiger partial charge < -0.3 is 0 Å². The molecule has 8 nitrogen and oxygen atoms in total. The fourth-order valence-corrected chi connectivity index (χ4v) is 5.01. The number of fused-ring (bicyclic) bond motifs is 2. The topological polar surface area (TPSA) is 101 Å². The summed E-state index contributed by atoms with van der Waals surface area (Å²) in [4.78, 5) is 56.9. The van der Waals surface area contributed by atoms with E-state index in [0.717, 1.165) is 41.7 Å². The summed E-state index contributed by atoms with van der Waals surface area (Å²) in [7, 11) is 0.